The molecule has 0 aliphatic carbocycles. The molecule has 0 fully saturated rings. The highest BCUT2D eigenvalue weighted by Crippen LogP contribution is 2.22. The summed E-state index contributed by atoms with van der Waals surface area (Å²) in [6.45, 7) is 1.79. The lowest BCUT2D eigenvalue weighted by molar-refractivity contribution is -0.143. The Kier molecular flexibility index (Phi) is 7.53. The predicted octanol–water partition coefficient (Wildman–Crippen LogP) is 4.60. The zero-order valence-electron chi connectivity index (χ0n) is 18.8. The second kappa shape index (κ2) is 10.6. The summed E-state index contributed by atoms with van der Waals surface area (Å²) in [5, 5.41) is 0.503. The number of nitrogens with zero attached hydrogens (tertiary/aromatic N) is 2. The molecule has 12 heteroatoms. The molecular formula is C24H19ClFN3O5S2. The van der Waals surface area contributed by atoms with Gasteiger partial charge in [-0.05, 0) is 73.7 Å². The molecule has 4 aromatic rings. The molecule has 0 saturated heterocycles. The number of hydrogen-bond acceptors (Lipinski definition) is 6. The van der Waals surface area contributed by atoms with E-state index < -0.39 is 27.7 Å². The second-order valence-electron chi connectivity index (χ2n) is 7.44. The topological polar surface area (TPSA) is 107 Å². The van der Waals surface area contributed by atoms with E-state index in [1.807, 2.05) is 0 Å². The number of amides is 1. The van der Waals surface area contributed by atoms with Gasteiger partial charge in [-0.25, -0.2) is 12.8 Å². The van der Waals surface area contributed by atoms with E-state index in [1.54, 1.807) is 29.7 Å². The number of thiazole rings is 1. The SMILES string of the molecule is CCOC(=O)Cn1c(=NC(=O)c2ccc(NS(=O)(=O)c3ccc(F)cc3)cc2)sc2cc(Cl)ccc21. The van der Waals surface area contributed by atoms with Gasteiger partial charge in [0.05, 0.1) is 21.7 Å². The molecule has 1 amide bonds. The van der Waals surface area contributed by atoms with Crippen LogP contribution in [0.4, 0.5) is 10.1 Å². The number of halogens is 2. The van der Waals surface area contributed by atoms with Crippen LogP contribution < -0.4 is 9.52 Å². The van der Waals surface area contributed by atoms with E-state index in [9.17, 15) is 22.4 Å². The highest BCUT2D eigenvalue weighted by atomic mass is 35.5. The fraction of sp³-hybridized carbons (Fsp3) is 0.125. The van der Waals surface area contributed by atoms with Crippen molar-refractivity contribution in [2.45, 2.75) is 18.4 Å². The summed E-state index contributed by atoms with van der Waals surface area (Å²) in [5.74, 6) is -1.61. The molecule has 186 valence electrons. The summed E-state index contributed by atoms with van der Waals surface area (Å²) >= 11 is 7.28. The van der Waals surface area contributed by atoms with Gasteiger partial charge in [-0.3, -0.25) is 14.3 Å². The van der Waals surface area contributed by atoms with E-state index in [1.165, 1.54) is 35.6 Å². The third kappa shape index (κ3) is 5.81. The molecule has 0 bridgehead atoms. The first-order valence-corrected chi connectivity index (χ1v) is 13.3. The van der Waals surface area contributed by atoms with Crippen molar-refractivity contribution in [3.05, 3.63) is 87.9 Å². The van der Waals surface area contributed by atoms with Crippen molar-refractivity contribution in [1.29, 1.82) is 0 Å². The Morgan fingerprint density at radius 1 is 1.08 bits per heavy atom. The number of sulfonamides is 1. The summed E-state index contributed by atoms with van der Waals surface area (Å²) in [6.07, 6.45) is 0. The number of benzene rings is 3. The van der Waals surface area contributed by atoms with Crippen LogP contribution in [0.15, 0.2) is 76.6 Å². The maximum atomic E-state index is 13.1. The number of nitrogens with one attached hydrogen (secondary N) is 1. The monoisotopic (exact) mass is 547 g/mol. The number of ether oxygens (including phenoxy) is 1. The Morgan fingerprint density at radius 2 is 1.78 bits per heavy atom. The van der Waals surface area contributed by atoms with Crippen LogP contribution in [0.1, 0.15) is 17.3 Å². The number of anilines is 1. The van der Waals surface area contributed by atoms with Gasteiger partial charge in [-0.15, -0.1) is 0 Å². The van der Waals surface area contributed by atoms with E-state index in [0.717, 1.165) is 29.0 Å². The number of esters is 1. The highest BCUT2D eigenvalue weighted by molar-refractivity contribution is 7.92. The molecule has 0 radical (unpaired) electrons. The van der Waals surface area contributed by atoms with Gasteiger partial charge in [0.2, 0.25) is 0 Å². The molecule has 1 aromatic heterocycles. The Balaban J connectivity index is 1.61. The largest absolute Gasteiger partial charge is 0.465 e. The van der Waals surface area contributed by atoms with Crippen LogP contribution >= 0.6 is 22.9 Å². The number of hydrogen-bond donors (Lipinski definition) is 1. The average molecular weight is 548 g/mol. The first-order chi connectivity index (χ1) is 17.2. The van der Waals surface area contributed by atoms with E-state index >= 15 is 0 Å². The van der Waals surface area contributed by atoms with Crippen LogP contribution in [0.3, 0.4) is 0 Å². The minimum atomic E-state index is -3.93. The zero-order chi connectivity index (χ0) is 25.9. The second-order valence-corrected chi connectivity index (χ2v) is 10.6. The molecule has 1 N–H and O–H groups in total. The minimum Gasteiger partial charge on any atom is -0.465 e. The summed E-state index contributed by atoms with van der Waals surface area (Å²) in [4.78, 5) is 29.4. The lowest BCUT2D eigenvalue weighted by Crippen LogP contribution is -2.23. The predicted molar refractivity (Wildman–Crippen MR) is 135 cm³/mol. The van der Waals surface area contributed by atoms with E-state index in [0.29, 0.717) is 10.5 Å². The molecule has 0 aliphatic heterocycles. The maximum absolute atomic E-state index is 13.1. The van der Waals surface area contributed by atoms with Crippen molar-refractivity contribution in [1.82, 2.24) is 4.57 Å². The van der Waals surface area contributed by atoms with Gasteiger partial charge in [-0.1, -0.05) is 22.9 Å². The summed E-state index contributed by atoms with van der Waals surface area (Å²) in [5.41, 5.74) is 1.09. The number of rotatable bonds is 7. The van der Waals surface area contributed by atoms with Crippen molar-refractivity contribution in [3.63, 3.8) is 0 Å². The van der Waals surface area contributed by atoms with Gasteiger partial charge < -0.3 is 9.30 Å². The van der Waals surface area contributed by atoms with Gasteiger partial charge in [0.1, 0.15) is 12.4 Å². The summed E-state index contributed by atoms with van der Waals surface area (Å²) in [7, 11) is -3.93. The van der Waals surface area contributed by atoms with Gasteiger partial charge in [-0.2, -0.15) is 4.99 Å². The zero-order valence-corrected chi connectivity index (χ0v) is 21.2. The highest BCUT2D eigenvalue weighted by Gasteiger charge is 2.16. The van der Waals surface area contributed by atoms with Crippen LogP contribution in [-0.2, 0) is 26.1 Å². The molecule has 8 nitrogen and oxygen atoms in total. The lowest BCUT2D eigenvalue weighted by atomic mass is 10.2. The van der Waals surface area contributed by atoms with Crippen LogP contribution in [0.5, 0.6) is 0 Å². The Bertz CT molecular complexity index is 1610. The van der Waals surface area contributed by atoms with E-state index in [4.69, 9.17) is 16.3 Å². The van der Waals surface area contributed by atoms with Gasteiger partial charge in [0.25, 0.3) is 15.9 Å². The molecule has 0 atom stereocenters. The van der Waals surface area contributed by atoms with Crippen LogP contribution in [0.2, 0.25) is 5.02 Å². The average Bonchev–Trinajstić information content (AvgIpc) is 3.15. The molecule has 36 heavy (non-hydrogen) atoms. The van der Waals surface area contributed by atoms with Crippen LogP contribution in [-0.4, -0.2) is 31.5 Å². The first-order valence-electron chi connectivity index (χ1n) is 10.6. The van der Waals surface area contributed by atoms with Gasteiger partial charge in [0, 0.05) is 16.3 Å². The molecule has 4 rings (SSSR count). The molecular weight excluding hydrogens is 529 g/mol. The standard InChI is InChI=1S/C24H19ClFN3O5S2/c1-2-34-22(30)14-29-20-12-5-16(25)13-21(20)35-24(29)27-23(31)15-3-8-18(9-4-15)28-36(32,33)19-10-6-17(26)7-11-19/h3-13,28H,2,14H2,1H3. The van der Waals surface area contributed by atoms with E-state index in [2.05, 4.69) is 9.71 Å². The quantitative estimate of drug-likeness (QED) is 0.340. The first kappa shape index (κ1) is 25.5. The third-order valence-corrected chi connectivity index (χ3v) is 7.62. The number of carbonyl (C=O) groups is 2. The van der Waals surface area contributed by atoms with E-state index in [-0.39, 0.29) is 34.1 Å². The fourth-order valence-corrected chi connectivity index (χ4v) is 5.64. The normalized spacial score (nSPS) is 12.0. The van der Waals surface area contributed by atoms with Crippen molar-refractivity contribution in [2.75, 3.05) is 11.3 Å². The fourth-order valence-electron chi connectivity index (χ4n) is 3.28. The maximum Gasteiger partial charge on any atom is 0.326 e. The number of fused-ring (bicyclic) bond motifs is 1. The summed E-state index contributed by atoms with van der Waals surface area (Å²) in [6, 6.07) is 15.2. The molecule has 0 saturated carbocycles. The van der Waals surface area contributed by atoms with Gasteiger partial charge in [0.15, 0.2) is 4.80 Å². The molecule has 0 spiro atoms. The molecule has 3 aromatic carbocycles. The number of carbonyl (C=O) groups excluding carboxylic acids is 2. The Labute approximate surface area is 214 Å². The van der Waals surface area contributed by atoms with Crippen molar-refractivity contribution >= 4 is 60.7 Å². The van der Waals surface area contributed by atoms with Crippen molar-refractivity contribution in [3.8, 4) is 0 Å². The molecule has 1 heterocycles. The Hall–Kier alpha value is -3.54. The molecule has 0 aliphatic rings. The van der Waals surface area contributed by atoms with Crippen LogP contribution in [0.25, 0.3) is 10.2 Å². The lowest BCUT2D eigenvalue weighted by Gasteiger charge is -2.08. The minimum absolute atomic E-state index is 0.102. The Morgan fingerprint density at radius 3 is 2.44 bits per heavy atom. The number of aromatic nitrogens is 1. The molecule has 0 unspecified atom stereocenters. The summed E-state index contributed by atoms with van der Waals surface area (Å²) < 4.78 is 47.8. The van der Waals surface area contributed by atoms with Crippen LogP contribution in [0, 0.1) is 5.82 Å². The third-order valence-electron chi connectivity index (χ3n) is 4.94. The van der Waals surface area contributed by atoms with Crippen molar-refractivity contribution in [2.24, 2.45) is 4.99 Å². The smallest absolute Gasteiger partial charge is 0.326 e. The van der Waals surface area contributed by atoms with Crippen molar-refractivity contribution < 1.29 is 27.1 Å². The van der Waals surface area contributed by atoms with Gasteiger partial charge >= 0.3 is 5.97 Å².